The van der Waals surface area contributed by atoms with Gasteiger partial charge in [0, 0.05) is 0 Å². The summed E-state index contributed by atoms with van der Waals surface area (Å²) in [6, 6.07) is 9.72. The predicted molar refractivity (Wildman–Crippen MR) is 75.8 cm³/mol. The van der Waals surface area contributed by atoms with Gasteiger partial charge in [0.25, 0.3) is 0 Å². The van der Waals surface area contributed by atoms with Crippen LogP contribution in [0.2, 0.25) is 0 Å². The molecule has 1 saturated heterocycles. The monoisotopic (exact) mass is 261 g/mol. The van der Waals surface area contributed by atoms with Gasteiger partial charge in [-0.25, -0.2) is 4.79 Å². The van der Waals surface area contributed by atoms with Crippen LogP contribution in [0, 0.1) is 5.92 Å². The highest BCUT2D eigenvalue weighted by atomic mass is 16.5. The summed E-state index contributed by atoms with van der Waals surface area (Å²) in [7, 11) is 0. The van der Waals surface area contributed by atoms with Crippen molar-refractivity contribution in [1.82, 2.24) is 4.90 Å². The van der Waals surface area contributed by atoms with Crippen LogP contribution in [0.25, 0.3) is 0 Å². The third kappa shape index (κ3) is 3.57. The molecule has 1 fully saturated rings. The molecule has 0 aliphatic carbocycles. The molecule has 0 amide bonds. The quantitative estimate of drug-likeness (QED) is 0.780. The minimum Gasteiger partial charge on any atom is -0.465 e. The number of benzene rings is 1. The first kappa shape index (κ1) is 14.1. The van der Waals surface area contributed by atoms with Crippen LogP contribution in [-0.4, -0.2) is 30.6 Å². The summed E-state index contributed by atoms with van der Waals surface area (Å²) in [5, 5.41) is 0. The molecule has 1 heterocycles. The largest absolute Gasteiger partial charge is 0.465 e. The van der Waals surface area contributed by atoms with Crippen molar-refractivity contribution in [2.24, 2.45) is 5.92 Å². The fraction of sp³-hybridized carbons (Fsp3) is 0.562. The lowest BCUT2D eigenvalue weighted by Crippen LogP contribution is -2.40. The van der Waals surface area contributed by atoms with E-state index in [1.165, 1.54) is 0 Å². The van der Waals surface area contributed by atoms with Gasteiger partial charge in [0.2, 0.25) is 0 Å². The van der Waals surface area contributed by atoms with Crippen LogP contribution in [-0.2, 0) is 9.53 Å². The number of hydrogen-bond donors (Lipinski definition) is 0. The normalized spacial score (nSPS) is 19.1. The number of piperidine rings is 1. The summed E-state index contributed by atoms with van der Waals surface area (Å²) < 4.78 is 5.26. The Hall–Kier alpha value is -1.35. The van der Waals surface area contributed by atoms with E-state index in [-0.39, 0.29) is 12.0 Å². The van der Waals surface area contributed by atoms with Gasteiger partial charge in [-0.1, -0.05) is 37.3 Å². The van der Waals surface area contributed by atoms with Crippen molar-refractivity contribution >= 4 is 5.97 Å². The highest BCUT2D eigenvalue weighted by Crippen LogP contribution is 2.27. The first-order valence-corrected chi connectivity index (χ1v) is 7.18. The summed E-state index contributed by atoms with van der Waals surface area (Å²) in [4.78, 5) is 14.5. The number of carbonyl (C=O) groups excluding carboxylic acids is 1. The molecule has 0 bridgehead atoms. The van der Waals surface area contributed by atoms with E-state index in [0.29, 0.717) is 6.61 Å². The number of ether oxygens (including phenoxy) is 1. The maximum atomic E-state index is 12.3. The molecule has 0 radical (unpaired) electrons. The highest BCUT2D eigenvalue weighted by Gasteiger charge is 2.30. The molecule has 1 aromatic rings. The zero-order chi connectivity index (χ0) is 13.7. The fourth-order valence-corrected chi connectivity index (χ4v) is 2.64. The van der Waals surface area contributed by atoms with Gasteiger partial charge in [-0.3, -0.25) is 4.90 Å². The third-order valence-corrected chi connectivity index (χ3v) is 3.81. The van der Waals surface area contributed by atoms with E-state index < -0.39 is 0 Å². The molecule has 19 heavy (non-hydrogen) atoms. The van der Waals surface area contributed by atoms with Crippen LogP contribution in [0.4, 0.5) is 0 Å². The van der Waals surface area contributed by atoms with Gasteiger partial charge in [0.1, 0.15) is 6.04 Å². The van der Waals surface area contributed by atoms with Crippen molar-refractivity contribution < 1.29 is 9.53 Å². The van der Waals surface area contributed by atoms with Crippen LogP contribution in [0.1, 0.15) is 38.3 Å². The van der Waals surface area contributed by atoms with Crippen LogP contribution >= 0.6 is 0 Å². The summed E-state index contributed by atoms with van der Waals surface area (Å²) in [6.07, 6.45) is 2.31. The number of rotatable bonds is 4. The second kappa shape index (κ2) is 6.71. The van der Waals surface area contributed by atoms with Crippen molar-refractivity contribution in [2.75, 3.05) is 19.7 Å². The van der Waals surface area contributed by atoms with Crippen molar-refractivity contribution in [3.63, 3.8) is 0 Å². The fourth-order valence-electron chi connectivity index (χ4n) is 2.64. The molecule has 1 aliphatic rings. The van der Waals surface area contributed by atoms with Gasteiger partial charge in [-0.15, -0.1) is 0 Å². The van der Waals surface area contributed by atoms with Crippen molar-refractivity contribution in [3.8, 4) is 0 Å². The molecule has 3 heteroatoms. The second-order valence-corrected chi connectivity index (χ2v) is 5.28. The Bertz CT molecular complexity index is 396. The molecule has 1 atom stereocenters. The van der Waals surface area contributed by atoms with Gasteiger partial charge < -0.3 is 4.74 Å². The lowest BCUT2D eigenvalue weighted by Gasteiger charge is -2.35. The zero-order valence-corrected chi connectivity index (χ0v) is 11.8. The molecule has 1 unspecified atom stereocenters. The lowest BCUT2D eigenvalue weighted by molar-refractivity contribution is -0.150. The first-order valence-electron chi connectivity index (χ1n) is 7.18. The topological polar surface area (TPSA) is 29.5 Å². The number of likely N-dealkylation sites (tertiary alicyclic amines) is 1. The molecule has 0 N–H and O–H groups in total. The smallest absolute Gasteiger partial charge is 0.327 e. The van der Waals surface area contributed by atoms with E-state index in [9.17, 15) is 4.79 Å². The van der Waals surface area contributed by atoms with E-state index in [4.69, 9.17) is 4.74 Å². The maximum absolute atomic E-state index is 12.3. The molecule has 3 nitrogen and oxygen atoms in total. The van der Waals surface area contributed by atoms with Crippen molar-refractivity contribution in [1.29, 1.82) is 0 Å². The minimum absolute atomic E-state index is 0.122. The van der Waals surface area contributed by atoms with Crippen LogP contribution in [0.15, 0.2) is 30.3 Å². The molecule has 0 saturated carbocycles. The molecule has 0 spiro atoms. The van der Waals surface area contributed by atoms with Gasteiger partial charge in [-0.2, -0.15) is 0 Å². The lowest BCUT2D eigenvalue weighted by atomic mass is 9.96. The number of carbonyl (C=O) groups is 1. The SMILES string of the molecule is CCOC(=O)C(c1ccccc1)N1CCC(C)CC1. The first-order chi connectivity index (χ1) is 9.22. The minimum atomic E-state index is -0.242. The van der Waals surface area contributed by atoms with Gasteiger partial charge >= 0.3 is 5.97 Å². The second-order valence-electron chi connectivity index (χ2n) is 5.28. The summed E-state index contributed by atoms with van der Waals surface area (Å²) in [6.45, 7) is 6.52. The molecule has 1 aromatic carbocycles. The summed E-state index contributed by atoms with van der Waals surface area (Å²) >= 11 is 0. The predicted octanol–water partition coefficient (Wildman–Crippen LogP) is 3.02. The van der Waals surface area contributed by atoms with E-state index >= 15 is 0 Å². The third-order valence-electron chi connectivity index (χ3n) is 3.81. The number of esters is 1. The van der Waals surface area contributed by atoms with Crippen molar-refractivity contribution in [3.05, 3.63) is 35.9 Å². The standard InChI is InChI=1S/C16H23NO2/c1-3-19-16(18)15(14-7-5-4-6-8-14)17-11-9-13(2)10-12-17/h4-8,13,15H,3,9-12H2,1-2H3. The summed E-state index contributed by atoms with van der Waals surface area (Å²) in [5.41, 5.74) is 1.04. The van der Waals surface area contributed by atoms with E-state index in [0.717, 1.165) is 37.4 Å². The highest BCUT2D eigenvalue weighted by molar-refractivity contribution is 5.77. The molecule has 2 rings (SSSR count). The maximum Gasteiger partial charge on any atom is 0.327 e. The van der Waals surface area contributed by atoms with Gasteiger partial charge in [0.05, 0.1) is 6.61 Å². The Kier molecular flexibility index (Phi) is 4.97. The van der Waals surface area contributed by atoms with Gasteiger partial charge in [-0.05, 0) is 44.3 Å². The number of hydrogen-bond acceptors (Lipinski definition) is 3. The molecular weight excluding hydrogens is 238 g/mol. The average Bonchev–Trinajstić information content (AvgIpc) is 2.43. The van der Waals surface area contributed by atoms with Crippen molar-refractivity contribution in [2.45, 2.75) is 32.7 Å². The number of nitrogens with zero attached hydrogens (tertiary/aromatic N) is 1. The van der Waals surface area contributed by atoms with E-state index in [1.807, 2.05) is 37.3 Å². The molecule has 104 valence electrons. The Morgan fingerprint density at radius 1 is 1.32 bits per heavy atom. The molecular formula is C16H23NO2. The van der Waals surface area contributed by atoms with Crippen LogP contribution < -0.4 is 0 Å². The Morgan fingerprint density at radius 2 is 1.95 bits per heavy atom. The van der Waals surface area contributed by atoms with Gasteiger partial charge in [0.15, 0.2) is 0 Å². The Labute approximate surface area is 115 Å². The Morgan fingerprint density at radius 3 is 2.53 bits per heavy atom. The van der Waals surface area contributed by atoms with Crippen LogP contribution in [0.5, 0.6) is 0 Å². The molecule has 0 aromatic heterocycles. The zero-order valence-electron chi connectivity index (χ0n) is 11.8. The average molecular weight is 261 g/mol. The summed E-state index contributed by atoms with van der Waals surface area (Å²) in [5.74, 6) is 0.637. The van der Waals surface area contributed by atoms with E-state index in [2.05, 4.69) is 11.8 Å². The van der Waals surface area contributed by atoms with E-state index in [1.54, 1.807) is 0 Å². The Balaban J connectivity index is 2.17. The molecule has 1 aliphatic heterocycles. The van der Waals surface area contributed by atoms with Crippen LogP contribution in [0.3, 0.4) is 0 Å².